The summed E-state index contributed by atoms with van der Waals surface area (Å²) >= 11 is 6.19. The molecule has 2 N–H and O–H groups in total. The Bertz CT molecular complexity index is 811. The first-order valence-corrected chi connectivity index (χ1v) is 9.87. The first-order chi connectivity index (χ1) is 13.5. The van der Waals surface area contributed by atoms with Crippen LogP contribution in [0.3, 0.4) is 0 Å². The lowest BCUT2D eigenvalue weighted by Gasteiger charge is -2.13. The molecule has 0 saturated carbocycles. The van der Waals surface area contributed by atoms with Crippen molar-refractivity contribution in [2.45, 2.75) is 19.3 Å². The Labute approximate surface area is 196 Å². The monoisotopic (exact) mass is 528 g/mol. The molecule has 29 heavy (non-hydrogen) atoms. The van der Waals surface area contributed by atoms with Crippen LogP contribution >= 0.6 is 35.6 Å². The van der Waals surface area contributed by atoms with Crippen molar-refractivity contribution in [3.8, 4) is 0 Å². The third-order valence-corrected chi connectivity index (χ3v) is 4.75. The van der Waals surface area contributed by atoms with Crippen molar-refractivity contribution in [1.29, 1.82) is 0 Å². The molecule has 0 saturated heterocycles. The van der Waals surface area contributed by atoms with E-state index in [9.17, 15) is 4.79 Å². The van der Waals surface area contributed by atoms with Crippen LogP contribution in [0.25, 0.3) is 0 Å². The van der Waals surface area contributed by atoms with Gasteiger partial charge in [0.2, 0.25) is 0 Å². The first kappa shape index (κ1) is 25.2. The maximum absolute atomic E-state index is 12.1. The predicted molar refractivity (Wildman–Crippen MR) is 133 cm³/mol. The van der Waals surface area contributed by atoms with Crippen LogP contribution in [0, 0.1) is 0 Å². The largest absolute Gasteiger partial charge is 0.356 e. The number of nitrogens with one attached hydrogen (secondary N) is 2. The number of nitrogens with zero attached hydrogens (tertiary/aromatic N) is 2. The van der Waals surface area contributed by atoms with Crippen LogP contribution in [0.4, 0.5) is 0 Å². The maximum atomic E-state index is 12.1. The molecule has 158 valence electrons. The molecule has 0 aliphatic carbocycles. The van der Waals surface area contributed by atoms with E-state index >= 15 is 0 Å². The van der Waals surface area contributed by atoms with Crippen molar-refractivity contribution in [2.75, 3.05) is 34.2 Å². The third-order valence-electron chi connectivity index (χ3n) is 4.38. The predicted octanol–water partition coefficient (Wildman–Crippen LogP) is 4.00. The van der Waals surface area contributed by atoms with Gasteiger partial charge in [-0.25, -0.2) is 0 Å². The number of carbonyl (C=O) groups excluding carboxylic acids is 1. The van der Waals surface area contributed by atoms with E-state index in [1.807, 2.05) is 42.5 Å². The number of guanidine groups is 1. The minimum atomic E-state index is 0. The molecule has 0 atom stereocenters. The molecule has 2 aromatic carbocycles. The van der Waals surface area contributed by atoms with Crippen molar-refractivity contribution in [3.63, 3.8) is 0 Å². The van der Waals surface area contributed by atoms with Crippen LogP contribution in [0.2, 0.25) is 5.02 Å². The van der Waals surface area contributed by atoms with Crippen molar-refractivity contribution in [3.05, 3.63) is 70.2 Å². The van der Waals surface area contributed by atoms with E-state index in [-0.39, 0.29) is 29.9 Å². The van der Waals surface area contributed by atoms with Crippen LogP contribution in [-0.4, -0.2) is 51.0 Å². The molecule has 5 nitrogen and oxygen atoms in total. The van der Waals surface area contributed by atoms with E-state index < -0.39 is 0 Å². The lowest BCUT2D eigenvalue weighted by Crippen LogP contribution is -2.38. The van der Waals surface area contributed by atoms with E-state index in [1.54, 1.807) is 26.0 Å². The summed E-state index contributed by atoms with van der Waals surface area (Å²) in [6.45, 7) is 1.56. The van der Waals surface area contributed by atoms with Crippen molar-refractivity contribution < 1.29 is 4.79 Å². The standard InChI is InChI=1S/C22H29ClN4O.HI/c1-24-22(25-14-7-11-18-9-4-5-12-20(18)23)26-15-13-17-8-6-10-19(16-17)21(28)27(2)3;/h4-6,8-10,12,16H,7,11,13-15H2,1-3H3,(H2,24,25,26);1H. The molecule has 0 spiro atoms. The highest BCUT2D eigenvalue weighted by Crippen LogP contribution is 2.16. The van der Waals surface area contributed by atoms with Gasteiger partial charge < -0.3 is 15.5 Å². The molecule has 1 amide bonds. The summed E-state index contributed by atoms with van der Waals surface area (Å²) < 4.78 is 0. The van der Waals surface area contributed by atoms with E-state index in [0.29, 0.717) is 5.56 Å². The molecule has 0 aliphatic heterocycles. The fraction of sp³-hybridized carbons (Fsp3) is 0.364. The summed E-state index contributed by atoms with van der Waals surface area (Å²) in [5, 5.41) is 7.46. The Kier molecular flexibility index (Phi) is 11.7. The molecule has 0 aliphatic rings. The average Bonchev–Trinajstić information content (AvgIpc) is 2.70. The van der Waals surface area contributed by atoms with Gasteiger partial charge in [-0.1, -0.05) is 41.9 Å². The fourth-order valence-electron chi connectivity index (χ4n) is 2.85. The number of aliphatic imine (C=N–C) groups is 1. The molecular weight excluding hydrogens is 499 g/mol. The smallest absolute Gasteiger partial charge is 0.253 e. The van der Waals surface area contributed by atoms with Gasteiger partial charge in [0.25, 0.3) is 5.91 Å². The number of hydrogen-bond donors (Lipinski definition) is 2. The third kappa shape index (κ3) is 8.62. The number of hydrogen-bond acceptors (Lipinski definition) is 2. The lowest BCUT2D eigenvalue weighted by molar-refractivity contribution is 0.0827. The van der Waals surface area contributed by atoms with Gasteiger partial charge in [-0.3, -0.25) is 9.79 Å². The highest BCUT2D eigenvalue weighted by Gasteiger charge is 2.08. The van der Waals surface area contributed by atoms with E-state index in [0.717, 1.165) is 48.9 Å². The second-order valence-corrected chi connectivity index (χ2v) is 7.18. The Morgan fingerprint density at radius 1 is 1.03 bits per heavy atom. The first-order valence-electron chi connectivity index (χ1n) is 9.49. The normalized spacial score (nSPS) is 10.8. The van der Waals surface area contributed by atoms with Crippen LogP contribution < -0.4 is 10.6 Å². The van der Waals surface area contributed by atoms with Gasteiger partial charge in [0, 0.05) is 44.8 Å². The molecule has 0 unspecified atom stereocenters. The number of amides is 1. The molecule has 2 aromatic rings. The van der Waals surface area contributed by atoms with Gasteiger partial charge in [0.05, 0.1) is 0 Å². The van der Waals surface area contributed by atoms with Crippen molar-refractivity contribution in [1.82, 2.24) is 15.5 Å². The lowest BCUT2D eigenvalue weighted by atomic mass is 10.1. The summed E-state index contributed by atoms with van der Waals surface area (Å²) in [4.78, 5) is 17.9. The second kappa shape index (κ2) is 13.4. The highest BCUT2D eigenvalue weighted by atomic mass is 127. The van der Waals surface area contributed by atoms with Gasteiger partial charge in [-0.15, -0.1) is 24.0 Å². The molecule has 0 heterocycles. The zero-order valence-electron chi connectivity index (χ0n) is 17.2. The molecule has 7 heteroatoms. The Hall–Kier alpha value is -1.80. The molecule has 2 rings (SSSR count). The Morgan fingerprint density at radius 2 is 1.76 bits per heavy atom. The fourth-order valence-corrected chi connectivity index (χ4v) is 3.08. The molecule has 0 bridgehead atoms. The number of aryl methyl sites for hydroxylation is 1. The second-order valence-electron chi connectivity index (χ2n) is 6.77. The van der Waals surface area contributed by atoms with Crippen molar-refractivity contribution >= 4 is 47.4 Å². The molecule has 0 radical (unpaired) electrons. The minimum absolute atomic E-state index is 0. The van der Waals surface area contributed by atoms with Gasteiger partial charge in [0.15, 0.2) is 5.96 Å². The summed E-state index contributed by atoms with van der Waals surface area (Å²) in [6, 6.07) is 15.7. The Balaban J connectivity index is 0.00000420. The van der Waals surface area contributed by atoms with Crippen LogP contribution in [0.5, 0.6) is 0 Å². The van der Waals surface area contributed by atoms with Crippen LogP contribution in [0.15, 0.2) is 53.5 Å². The van der Waals surface area contributed by atoms with Gasteiger partial charge >= 0.3 is 0 Å². The zero-order valence-corrected chi connectivity index (χ0v) is 20.3. The zero-order chi connectivity index (χ0) is 20.4. The topological polar surface area (TPSA) is 56.7 Å². The molecule has 0 aromatic heterocycles. The molecular formula is C22H30ClIN4O. The summed E-state index contributed by atoms with van der Waals surface area (Å²) in [5.74, 6) is 0.797. The highest BCUT2D eigenvalue weighted by molar-refractivity contribution is 14.0. The van der Waals surface area contributed by atoms with E-state index in [1.165, 1.54) is 5.56 Å². The van der Waals surface area contributed by atoms with E-state index in [2.05, 4.69) is 21.7 Å². The quantitative estimate of drug-likeness (QED) is 0.236. The number of benzene rings is 2. The average molecular weight is 529 g/mol. The van der Waals surface area contributed by atoms with Gasteiger partial charge in [0.1, 0.15) is 0 Å². The number of carbonyl (C=O) groups is 1. The van der Waals surface area contributed by atoms with Crippen LogP contribution in [0.1, 0.15) is 27.9 Å². The summed E-state index contributed by atoms with van der Waals surface area (Å²) in [7, 11) is 5.29. The van der Waals surface area contributed by atoms with Crippen molar-refractivity contribution in [2.24, 2.45) is 4.99 Å². The molecule has 0 fully saturated rings. The SMILES string of the molecule is CN=C(NCCCc1ccccc1Cl)NCCc1cccc(C(=O)N(C)C)c1.I. The number of halogens is 2. The number of rotatable bonds is 8. The van der Waals surface area contributed by atoms with E-state index in [4.69, 9.17) is 11.6 Å². The van der Waals surface area contributed by atoms with Gasteiger partial charge in [-0.2, -0.15) is 0 Å². The van der Waals surface area contributed by atoms with Crippen LogP contribution in [-0.2, 0) is 12.8 Å². The maximum Gasteiger partial charge on any atom is 0.253 e. The summed E-state index contributed by atoms with van der Waals surface area (Å²) in [6.07, 6.45) is 2.71. The van der Waals surface area contributed by atoms with Gasteiger partial charge in [-0.05, 0) is 48.6 Å². The minimum Gasteiger partial charge on any atom is -0.356 e. The Morgan fingerprint density at radius 3 is 2.45 bits per heavy atom. The summed E-state index contributed by atoms with van der Waals surface area (Å²) in [5.41, 5.74) is 3.00.